The Hall–Kier alpha value is -3.11. The molecule has 0 amide bonds. The Bertz CT molecular complexity index is 1150. The smallest absolute Gasteiger partial charge is 0.332 e. The molecule has 1 saturated heterocycles. The summed E-state index contributed by atoms with van der Waals surface area (Å²) in [6, 6.07) is 29.3. The zero-order chi connectivity index (χ0) is 29.8. The van der Waals surface area contributed by atoms with Gasteiger partial charge in [-0.1, -0.05) is 91.0 Å². The quantitative estimate of drug-likeness (QED) is 0.261. The van der Waals surface area contributed by atoms with Crippen LogP contribution in [0, 0.1) is 0 Å². The topological polar surface area (TPSA) is 92.7 Å². The number of carbonyl (C=O) groups excluding carboxylic acids is 1. The van der Waals surface area contributed by atoms with E-state index in [1.54, 1.807) is 20.8 Å². The minimum Gasteiger partial charge on any atom is -0.458 e. The van der Waals surface area contributed by atoms with E-state index in [1.165, 1.54) is 0 Å². The molecule has 8 heteroatoms. The number of ether oxygens (including phenoxy) is 6. The van der Waals surface area contributed by atoms with Crippen molar-refractivity contribution in [2.75, 3.05) is 19.8 Å². The van der Waals surface area contributed by atoms with Crippen molar-refractivity contribution in [3.05, 3.63) is 108 Å². The third-order valence-corrected chi connectivity index (χ3v) is 6.62. The molecule has 3 aromatic rings. The van der Waals surface area contributed by atoms with Gasteiger partial charge in [0.15, 0.2) is 6.29 Å². The van der Waals surface area contributed by atoms with Crippen LogP contribution in [0.3, 0.4) is 0 Å². The van der Waals surface area contributed by atoms with Crippen LogP contribution in [0.2, 0.25) is 0 Å². The van der Waals surface area contributed by atoms with Crippen molar-refractivity contribution in [1.29, 1.82) is 0 Å². The van der Waals surface area contributed by atoms with Gasteiger partial charge >= 0.3 is 5.97 Å². The van der Waals surface area contributed by atoms with Crippen LogP contribution in [0.15, 0.2) is 91.0 Å². The molecule has 4 rings (SSSR count). The van der Waals surface area contributed by atoms with Crippen molar-refractivity contribution in [3.63, 3.8) is 0 Å². The molecule has 1 aliphatic heterocycles. The third-order valence-electron chi connectivity index (χ3n) is 6.62. The lowest BCUT2D eigenvalue weighted by atomic mass is 9.91. The molecule has 3 atom stereocenters. The Balaban J connectivity index is 1.50. The van der Waals surface area contributed by atoms with E-state index < -0.39 is 35.7 Å². The van der Waals surface area contributed by atoms with E-state index in [1.807, 2.05) is 91.0 Å². The lowest BCUT2D eigenvalue weighted by Gasteiger charge is -2.46. The van der Waals surface area contributed by atoms with Crippen LogP contribution in [0.4, 0.5) is 0 Å². The highest BCUT2D eigenvalue weighted by Gasteiger charge is 2.49. The number of hydrogen-bond donors (Lipinski definition) is 1. The van der Waals surface area contributed by atoms with Crippen LogP contribution in [0.5, 0.6) is 0 Å². The number of esters is 1. The van der Waals surface area contributed by atoms with Crippen LogP contribution in [0.25, 0.3) is 0 Å². The van der Waals surface area contributed by atoms with E-state index in [-0.39, 0.29) is 32.8 Å². The molecule has 0 saturated carbocycles. The molecular weight excluding hydrogens is 536 g/mol. The van der Waals surface area contributed by atoms with Gasteiger partial charge in [-0.2, -0.15) is 0 Å². The molecule has 1 N–H and O–H groups in total. The van der Waals surface area contributed by atoms with Crippen LogP contribution >= 0.6 is 0 Å². The van der Waals surface area contributed by atoms with Crippen molar-refractivity contribution in [2.24, 2.45) is 0 Å². The van der Waals surface area contributed by atoms with E-state index in [0.29, 0.717) is 13.2 Å². The molecule has 226 valence electrons. The minimum absolute atomic E-state index is 0.151. The van der Waals surface area contributed by atoms with E-state index >= 15 is 0 Å². The Morgan fingerprint density at radius 2 is 1.26 bits per heavy atom. The molecule has 2 unspecified atom stereocenters. The second-order valence-electron chi connectivity index (χ2n) is 11.6. The highest BCUT2D eigenvalue weighted by atomic mass is 16.7. The zero-order valence-corrected chi connectivity index (χ0v) is 24.6. The van der Waals surface area contributed by atoms with Crippen LogP contribution in [0.1, 0.15) is 43.9 Å². The first-order valence-electron chi connectivity index (χ1n) is 14.3. The van der Waals surface area contributed by atoms with Crippen molar-refractivity contribution in [2.45, 2.75) is 76.7 Å². The van der Waals surface area contributed by atoms with Crippen molar-refractivity contribution < 1.29 is 38.3 Å². The fourth-order valence-electron chi connectivity index (χ4n) is 4.73. The first-order valence-corrected chi connectivity index (χ1v) is 14.3. The fraction of sp³-hybridized carbons (Fsp3) is 0.441. The molecular formula is C34H42O8. The summed E-state index contributed by atoms with van der Waals surface area (Å²) >= 11 is 0. The zero-order valence-electron chi connectivity index (χ0n) is 24.6. The summed E-state index contributed by atoms with van der Waals surface area (Å²) in [4.78, 5) is 12.4. The van der Waals surface area contributed by atoms with Gasteiger partial charge in [-0.3, -0.25) is 0 Å². The van der Waals surface area contributed by atoms with Gasteiger partial charge in [-0.15, -0.1) is 0 Å². The van der Waals surface area contributed by atoms with Crippen LogP contribution < -0.4 is 0 Å². The summed E-state index contributed by atoms with van der Waals surface area (Å²) in [5, 5.41) is 11.4. The molecule has 0 aliphatic carbocycles. The Morgan fingerprint density at radius 1 is 0.786 bits per heavy atom. The predicted octanol–water partition coefficient (Wildman–Crippen LogP) is 5.21. The van der Waals surface area contributed by atoms with Crippen LogP contribution in [-0.4, -0.2) is 60.6 Å². The summed E-state index contributed by atoms with van der Waals surface area (Å²) in [7, 11) is 0. The summed E-state index contributed by atoms with van der Waals surface area (Å²) < 4.78 is 36.3. The van der Waals surface area contributed by atoms with Gasteiger partial charge in [0.1, 0.15) is 23.9 Å². The molecule has 42 heavy (non-hydrogen) atoms. The third kappa shape index (κ3) is 10.3. The van der Waals surface area contributed by atoms with Gasteiger partial charge in [0.25, 0.3) is 0 Å². The Morgan fingerprint density at radius 3 is 1.74 bits per heavy atom. The number of hydrogen-bond acceptors (Lipinski definition) is 8. The molecule has 3 aromatic carbocycles. The van der Waals surface area contributed by atoms with Crippen LogP contribution in [-0.2, 0) is 53.0 Å². The molecule has 0 bridgehead atoms. The highest BCUT2D eigenvalue weighted by Crippen LogP contribution is 2.34. The second kappa shape index (κ2) is 15.4. The lowest BCUT2D eigenvalue weighted by molar-refractivity contribution is -0.326. The number of benzene rings is 3. The molecule has 1 aliphatic rings. The maximum absolute atomic E-state index is 12.4. The number of carbonyl (C=O) groups is 1. The fourth-order valence-corrected chi connectivity index (χ4v) is 4.73. The first-order chi connectivity index (χ1) is 20.2. The molecule has 0 radical (unpaired) electrons. The van der Waals surface area contributed by atoms with E-state index in [9.17, 15) is 9.90 Å². The van der Waals surface area contributed by atoms with E-state index in [0.717, 1.165) is 16.7 Å². The summed E-state index contributed by atoms with van der Waals surface area (Å²) in [5.41, 5.74) is 1.27. The van der Waals surface area contributed by atoms with E-state index in [4.69, 9.17) is 28.4 Å². The molecule has 1 heterocycles. The second-order valence-corrected chi connectivity index (χ2v) is 11.6. The van der Waals surface area contributed by atoms with Gasteiger partial charge in [-0.05, 0) is 37.5 Å². The van der Waals surface area contributed by atoms with Gasteiger partial charge in [0.2, 0.25) is 0 Å². The maximum atomic E-state index is 12.4. The molecule has 0 aromatic heterocycles. The van der Waals surface area contributed by atoms with Gasteiger partial charge in [0, 0.05) is 6.42 Å². The number of aliphatic hydroxyl groups is 1. The SMILES string of the molecule is CC(C)(C)OC(=O)COC1C(O)CC(COCc2ccccc2)(COCc2ccccc2)O[C@@H]1OCc1ccccc1. The average Bonchev–Trinajstić information content (AvgIpc) is 2.96. The monoisotopic (exact) mass is 578 g/mol. The van der Waals surface area contributed by atoms with Crippen molar-refractivity contribution in [1.82, 2.24) is 0 Å². The van der Waals surface area contributed by atoms with Crippen molar-refractivity contribution >= 4 is 5.97 Å². The number of rotatable bonds is 14. The first kappa shape index (κ1) is 31.8. The maximum Gasteiger partial charge on any atom is 0.332 e. The van der Waals surface area contributed by atoms with Gasteiger partial charge in [0.05, 0.1) is 39.1 Å². The minimum atomic E-state index is -1.03. The Labute approximate surface area is 248 Å². The molecule has 8 nitrogen and oxygen atoms in total. The van der Waals surface area contributed by atoms with Gasteiger partial charge < -0.3 is 33.5 Å². The van der Waals surface area contributed by atoms with Crippen molar-refractivity contribution in [3.8, 4) is 0 Å². The summed E-state index contributed by atoms with van der Waals surface area (Å²) in [6.45, 7) is 6.27. The average molecular weight is 579 g/mol. The van der Waals surface area contributed by atoms with Gasteiger partial charge in [-0.25, -0.2) is 4.79 Å². The normalized spacial score (nSPS) is 20.2. The highest BCUT2D eigenvalue weighted by molar-refractivity contribution is 5.71. The predicted molar refractivity (Wildman–Crippen MR) is 157 cm³/mol. The standard InChI is InChI=1S/C34H42O8/c1-33(2,3)41-30(36)23-39-31-29(35)19-34(24-37-20-26-13-7-4-8-14-26,25-38-21-27-15-9-5-10-16-27)42-32(31)40-22-28-17-11-6-12-18-28/h4-18,29,31-32,35H,19-25H2,1-3H3/t29?,31?,32-/m0/s1. The number of aliphatic hydroxyl groups excluding tert-OH is 1. The molecule has 1 fully saturated rings. The summed E-state index contributed by atoms with van der Waals surface area (Å²) in [6.07, 6.45) is -2.81. The lowest BCUT2D eigenvalue weighted by Crippen LogP contribution is -2.60. The largest absolute Gasteiger partial charge is 0.458 e. The Kier molecular flexibility index (Phi) is 11.7. The summed E-state index contributed by atoms with van der Waals surface area (Å²) in [5.74, 6) is -0.536. The van der Waals surface area contributed by atoms with E-state index in [2.05, 4.69) is 0 Å². The molecule has 0 spiro atoms.